The van der Waals surface area contributed by atoms with Crippen LogP contribution in [0.5, 0.6) is 0 Å². The van der Waals surface area contributed by atoms with Gasteiger partial charge in [0.2, 0.25) is 0 Å². The van der Waals surface area contributed by atoms with E-state index in [2.05, 4.69) is 0 Å². The van der Waals surface area contributed by atoms with Crippen LogP contribution in [0.25, 0.3) is 0 Å². The monoisotopic (exact) mass is 381 g/mol. The van der Waals surface area contributed by atoms with Crippen LogP contribution < -0.4 is 0 Å². The van der Waals surface area contributed by atoms with Gasteiger partial charge in [-0.3, -0.25) is 0 Å². The molecule has 0 amide bonds. The fourth-order valence-corrected chi connectivity index (χ4v) is 0.804. The van der Waals surface area contributed by atoms with Crippen molar-refractivity contribution in [2.45, 2.75) is 154 Å². The molecule has 0 aromatic heterocycles. The van der Waals surface area contributed by atoms with Crippen LogP contribution >= 0.6 is 0 Å². The lowest BCUT2D eigenvalue weighted by atomic mass is 10.0. The second kappa shape index (κ2) is 23.0. The second-order valence-corrected chi connectivity index (χ2v) is 3.39. The van der Waals surface area contributed by atoms with Gasteiger partial charge in [-0.2, -0.15) is 0 Å². The summed E-state index contributed by atoms with van der Waals surface area (Å²) in [4.78, 5) is 0. The smallest absolute Gasteiger partial charge is 0.0267 e. The van der Waals surface area contributed by atoms with Crippen LogP contribution in [-0.2, 0) is 0 Å². The van der Waals surface area contributed by atoms with Crippen molar-refractivity contribution in [3.63, 3.8) is 0 Å². The van der Waals surface area contributed by atoms with Crippen molar-refractivity contribution in [3.8, 4) is 0 Å². The molecule has 0 aliphatic heterocycles. The molecule has 0 bridgehead atoms. The molecule has 0 fully saturated rings. The van der Waals surface area contributed by atoms with Crippen molar-refractivity contribution >= 4 is 0 Å². The van der Waals surface area contributed by atoms with Crippen molar-refractivity contribution < 1.29 is 57.6 Å². The minimum Gasteiger partial charge on any atom is -0.0654 e. The van der Waals surface area contributed by atoms with E-state index in [4.69, 9.17) is 57.6 Å². The summed E-state index contributed by atoms with van der Waals surface area (Å²) in [6.07, 6.45) is -97.8. The van der Waals surface area contributed by atoms with E-state index in [0.717, 1.165) is 0 Å². The van der Waals surface area contributed by atoms with E-state index in [9.17, 15) is 0 Å². The Kier molecular flexibility index (Phi) is 2.88. The Bertz CT molecular complexity index is 1720. The zero-order chi connectivity index (χ0) is 55.0. The minimum absolute atomic E-state index is 0.0346. The average Bonchev–Trinajstić information content (AvgIpc) is 3.09. The molecule has 1 unspecified atom stereocenters. The fraction of sp³-hybridized carbons (Fsp3) is 1.00. The third kappa shape index (κ3) is 22.0. The van der Waals surface area contributed by atoms with Crippen molar-refractivity contribution in [3.05, 3.63) is 0 Å². The Morgan fingerprint density at radius 1 is 0.500 bits per heavy atom. The summed E-state index contributed by atoms with van der Waals surface area (Å²) in [6, 6.07) is 0. The van der Waals surface area contributed by atoms with Gasteiger partial charge in [0.25, 0.3) is 0 Å². The zero-order valence-corrected chi connectivity index (χ0v) is 13.0. The lowest BCUT2D eigenvalue weighted by Crippen LogP contribution is -1.84. The summed E-state index contributed by atoms with van der Waals surface area (Å²) in [5.74, 6) is 0. The highest BCUT2D eigenvalue weighted by Gasteiger charge is 1.95. The molecule has 0 heteroatoms. The van der Waals surface area contributed by atoms with Crippen LogP contribution in [0.15, 0.2) is 0 Å². The van der Waals surface area contributed by atoms with Gasteiger partial charge in [-0.15, -0.1) is 0 Å². The van der Waals surface area contributed by atoms with Crippen LogP contribution in [0.2, 0.25) is 0 Å². The van der Waals surface area contributed by atoms with Gasteiger partial charge in [-0.1, -0.05) is 154 Å². The summed E-state index contributed by atoms with van der Waals surface area (Å²) in [6.45, 7) is -2.81. The van der Waals surface area contributed by atoms with E-state index < -0.39 is 141 Å². The van der Waals surface area contributed by atoms with Gasteiger partial charge in [0.05, 0.1) is 0 Å². The van der Waals surface area contributed by atoms with Crippen molar-refractivity contribution in [1.29, 1.82) is 0 Å². The number of hydrogen-bond donors (Lipinski definition) is 0. The predicted octanol–water partition coefficient (Wildman–Crippen LogP) is 9.61. The summed E-state index contributed by atoms with van der Waals surface area (Å²) in [7, 11) is 0. The number of hydrogen-bond acceptors (Lipinski definition) is 0. The van der Waals surface area contributed by atoms with E-state index in [1.165, 1.54) is 6.92 Å². The maximum absolute atomic E-state index is 8.36. The average molecular weight is 381 g/mol. The molecule has 0 aliphatic carbocycles. The van der Waals surface area contributed by atoms with Crippen molar-refractivity contribution in [1.82, 2.24) is 0 Å². The van der Waals surface area contributed by atoms with Crippen LogP contribution in [-0.4, -0.2) is 0 Å². The normalized spacial score (nSPS) is 50.4. The molecule has 0 spiro atoms. The highest BCUT2D eigenvalue weighted by molar-refractivity contribution is 4.50. The van der Waals surface area contributed by atoms with Gasteiger partial charge in [0.1, 0.15) is 0 Å². The van der Waals surface area contributed by atoms with E-state index in [1.807, 2.05) is 0 Å². The maximum atomic E-state index is 8.36. The molecule has 0 saturated carbocycles. The molecule has 0 aromatic rings. The standard InChI is InChI=1S/C24H50/c1-3-5-7-9-11-13-15-17-19-21-23-24-22-20-18-16-14-12-10-8-6-4-2/h3-24H2,1-2H3/i1D3,3D2,5D2,7D2,8D,9D2,10D2,11D2,12D2,13D2,14D2,15D2,16D2,17D2,18D2,19D2,20D2,21D2,22D2,23D2,24D2. The molecule has 0 aliphatic rings. The van der Waals surface area contributed by atoms with E-state index in [1.54, 1.807) is 0 Å². The SMILES string of the molecule is [2H]C(CCC)C([2H])([2H])C([2H])([2H])C([2H])([2H])C([2H])([2H])C([2H])([2H])C([2H])([2H])C([2H])([2H])C([2H])([2H])C([2H])([2H])C([2H])([2H])C([2H])([2H])C([2H])([2H])C([2H])([2H])C([2H])([2H])C([2H])([2H])C([2H])([2H])C([2H])([2H])C([2H])([2H])C([2H])([2H])C([2H])([2H])[2H]. The highest BCUT2D eigenvalue weighted by atomic mass is 14.0. The van der Waals surface area contributed by atoms with E-state index in [0.29, 0.717) is 0 Å². The lowest BCUT2D eigenvalue weighted by Gasteiger charge is -2.04. The van der Waals surface area contributed by atoms with Crippen LogP contribution in [0.4, 0.5) is 0 Å². The third-order valence-corrected chi connectivity index (χ3v) is 1.67. The second-order valence-electron chi connectivity index (χ2n) is 3.39. The summed E-state index contributed by atoms with van der Waals surface area (Å²) < 4.78 is 342. The van der Waals surface area contributed by atoms with Gasteiger partial charge < -0.3 is 0 Å². The van der Waals surface area contributed by atoms with Gasteiger partial charge in [0.15, 0.2) is 0 Å². The molecule has 0 aromatic carbocycles. The van der Waals surface area contributed by atoms with Crippen LogP contribution in [0.1, 0.15) is 212 Å². The Balaban J connectivity index is 8.00. The molecule has 0 saturated heterocycles. The Morgan fingerprint density at radius 3 is 1.17 bits per heavy atom. The largest absolute Gasteiger partial charge is 0.0654 e. The zero-order valence-electron chi connectivity index (χ0n) is 55.0. The van der Waals surface area contributed by atoms with Crippen LogP contribution in [0.3, 0.4) is 0 Å². The molecular formula is C24H50. The quantitative estimate of drug-likeness (QED) is 0.186. The molecule has 1 atom stereocenters. The lowest BCUT2D eigenvalue weighted by molar-refractivity contribution is 0.520. The summed E-state index contributed by atoms with van der Waals surface area (Å²) >= 11 is 0. The maximum Gasteiger partial charge on any atom is 0.0267 e. The Morgan fingerprint density at radius 2 is 0.833 bits per heavy atom. The molecule has 0 heterocycles. The topological polar surface area (TPSA) is 0 Å². The summed E-state index contributed by atoms with van der Waals surface area (Å²) in [5.41, 5.74) is 0. The first-order chi connectivity index (χ1) is 27.7. The molecule has 0 N–H and O–H groups in total. The van der Waals surface area contributed by atoms with Crippen LogP contribution in [0, 0.1) is 0 Å². The first-order valence-corrected chi connectivity index (χ1v) is 6.65. The van der Waals surface area contributed by atoms with Gasteiger partial charge in [-0.25, -0.2) is 0 Å². The molecule has 0 nitrogen and oxygen atoms in total. The first-order valence-electron chi connectivity index (χ1n) is 27.7. The predicted molar refractivity (Wildman–Crippen MR) is 113 cm³/mol. The minimum atomic E-state index is -5.36. The molecule has 24 heavy (non-hydrogen) atoms. The van der Waals surface area contributed by atoms with Crippen molar-refractivity contribution in [2.24, 2.45) is 0 Å². The van der Waals surface area contributed by atoms with E-state index in [-0.39, 0.29) is 6.42 Å². The Labute approximate surface area is 214 Å². The number of rotatable bonds is 21. The Hall–Kier alpha value is 0. The van der Waals surface area contributed by atoms with Gasteiger partial charge >= 0.3 is 0 Å². The first kappa shape index (κ1) is 3.00. The van der Waals surface area contributed by atoms with E-state index >= 15 is 0 Å². The molecule has 0 radical (unpaired) electrons. The molecular weight excluding hydrogens is 288 g/mol. The van der Waals surface area contributed by atoms with Gasteiger partial charge in [0, 0.05) is 57.6 Å². The molecule has 146 valence electrons. The third-order valence-electron chi connectivity index (χ3n) is 1.67. The van der Waals surface area contributed by atoms with Gasteiger partial charge in [-0.05, 0) is 0 Å². The highest BCUT2D eigenvalue weighted by Crippen LogP contribution is 2.15. The summed E-state index contributed by atoms with van der Waals surface area (Å²) in [5, 5.41) is 0. The molecule has 0 rings (SSSR count). The van der Waals surface area contributed by atoms with Crippen molar-refractivity contribution in [2.75, 3.05) is 0 Å². The fourth-order valence-electron chi connectivity index (χ4n) is 0.804.